The molecule has 0 aromatic heterocycles. The van der Waals surface area contributed by atoms with Gasteiger partial charge in [-0.2, -0.15) is 0 Å². The van der Waals surface area contributed by atoms with Crippen molar-refractivity contribution in [2.45, 2.75) is 18.4 Å². The second-order valence-corrected chi connectivity index (χ2v) is 8.02. The first-order chi connectivity index (χ1) is 14.0. The van der Waals surface area contributed by atoms with E-state index >= 15 is 0 Å². The number of ether oxygens (including phenoxy) is 1. The summed E-state index contributed by atoms with van der Waals surface area (Å²) in [5.74, 6) is 0.317. The van der Waals surface area contributed by atoms with Gasteiger partial charge in [0.25, 0.3) is 5.91 Å². The Hall–Kier alpha value is -3.16. The van der Waals surface area contributed by atoms with E-state index in [2.05, 4.69) is 10.0 Å². The lowest BCUT2D eigenvalue weighted by molar-refractivity contribution is 0.102. The van der Waals surface area contributed by atoms with Gasteiger partial charge in [0.1, 0.15) is 5.75 Å². The maximum absolute atomic E-state index is 12.6. The minimum atomic E-state index is -3.75. The number of anilines is 1. The summed E-state index contributed by atoms with van der Waals surface area (Å²) in [7, 11) is -3.75. The molecule has 2 N–H and O–H groups in total. The van der Waals surface area contributed by atoms with Crippen molar-refractivity contribution in [1.29, 1.82) is 0 Å². The number of hydrogen-bond acceptors (Lipinski definition) is 4. The predicted molar refractivity (Wildman–Crippen MR) is 112 cm³/mol. The van der Waals surface area contributed by atoms with Crippen LogP contribution in [0.4, 0.5) is 5.69 Å². The van der Waals surface area contributed by atoms with Crippen molar-refractivity contribution in [1.82, 2.24) is 4.72 Å². The SMILES string of the molecule is CCOc1ccc(NC(=O)c2cccc(S(=O)(=O)NCc3ccccc3)c2)cc1. The van der Waals surface area contributed by atoms with Crippen LogP contribution < -0.4 is 14.8 Å². The van der Waals surface area contributed by atoms with E-state index in [4.69, 9.17) is 4.74 Å². The van der Waals surface area contributed by atoms with Crippen LogP contribution in [-0.4, -0.2) is 20.9 Å². The fourth-order valence-electron chi connectivity index (χ4n) is 2.67. The Morgan fingerprint density at radius 1 is 0.931 bits per heavy atom. The summed E-state index contributed by atoms with van der Waals surface area (Å²) in [6.45, 7) is 2.63. The molecule has 150 valence electrons. The number of rotatable bonds is 8. The first-order valence-electron chi connectivity index (χ1n) is 9.16. The van der Waals surface area contributed by atoms with Crippen LogP contribution in [0.1, 0.15) is 22.8 Å². The Morgan fingerprint density at radius 3 is 2.34 bits per heavy atom. The molecule has 3 aromatic carbocycles. The van der Waals surface area contributed by atoms with Crippen LogP contribution in [-0.2, 0) is 16.6 Å². The fourth-order valence-corrected chi connectivity index (χ4v) is 3.73. The van der Waals surface area contributed by atoms with E-state index < -0.39 is 15.9 Å². The molecule has 7 heteroatoms. The molecule has 0 heterocycles. The molecule has 0 saturated carbocycles. The van der Waals surface area contributed by atoms with Gasteiger partial charge in [0.05, 0.1) is 11.5 Å². The molecule has 0 atom stereocenters. The first-order valence-corrected chi connectivity index (χ1v) is 10.6. The third-order valence-corrected chi connectivity index (χ3v) is 5.54. The maximum Gasteiger partial charge on any atom is 0.255 e. The summed E-state index contributed by atoms with van der Waals surface area (Å²) in [5, 5.41) is 2.75. The minimum Gasteiger partial charge on any atom is -0.494 e. The highest BCUT2D eigenvalue weighted by Gasteiger charge is 2.16. The van der Waals surface area contributed by atoms with Crippen molar-refractivity contribution in [3.63, 3.8) is 0 Å². The van der Waals surface area contributed by atoms with Gasteiger partial charge in [-0.1, -0.05) is 36.4 Å². The van der Waals surface area contributed by atoms with Crippen LogP contribution in [0.5, 0.6) is 5.75 Å². The molecule has 0 fully saturated rings. The van der Waals surface area contributed by atoms with E-state index in [0.717, 1.165) is 5.56 Å². The molecule has 0 aliphatic rings. The zero-order chi connectivity index (χ0) is 20.7. The largest absolute Gasteiger partial charge is 0.494 e. The Labute approximate surface area is 170 Å². The fraction of sp³-hybridized carbons (Fsp3) is 0.136. The van der Waals surface area contributed by atoms with Gasteiger partial charge in [0, 0.05) is 17.8 Å². The van der Waals surface area contributed by atoms with Crippen molar-refractivity contribution in [3.8, 4) is 5.75 Å². The molecule has 0 aliphatic heterocycles. The molecule has 29 heavy (non-hydrogen) atoms. The molecule has 3 aromatic rings. The van der Waals surface area contributed by atoms with Gasteiger partial charge in [-0.05, 0) is 55.0 Å². The topological polar surface area (TPSA) is 84.5 Å². The minimum absolute atomic E-state index is 0.0350. The average Bonchev–Trinajstić information content (AvgIpc) is 2.75. The molecular formula is C22H22N2O4S. The Balaban J connectivity index is 1.69. The number of nitrogens with one attached hydrogen (secondary N) is 2. The predicted octanol–water partition coefficient (Wildman–Crippen LogP) is 3.82. The zero-order valence-electron chi connectivity index (χ0n) is 16.0. The van der Waals surface area contributed by atoms with E-state index in [1.54, 1.807) is 36.4 Å². The zero-order valence-corrected chi connectivity index (χ0v) is 16.8. The van der Waals surface area contributed by atoms with Crippen molar-refractivity contribution in [2.75, 3.05) is 11.9 Å². The van der Waals surface area contributed by atoms with Gasteiger partial charge in [-0.3, -0.25) is 4.79 Å². The first kappa shape index (κ1) is 20.6. The third kappa shape index (κ3) is 5.66. The number of sulfonamides is 1. The van der Waals surface area contributed by atoms with Crippen molar-refractivity contribution < 1.29 is 17.9 Å². The van der Waals surface area contributed by atoms with Crippen LogP contribution in [0.25, 0.3) is 0 Å². The molecule has 0 bridgehead atoms. The number of amides is 1. The molecule has 1 amide bonds. The van der Waals surface area contributed by atoms with Crippen LogP contribution in [0.3, 0.4) is 0 Å². The highest BCUT2D eigenvalue weighted by molar-refractivity contribution is 7.89. The van der Waals surface area contributed by atoms with Gasteiger partial charge in [-0.25, -0.2) is 13.1 Å². The van der Waals surface area contributed by atoms with Crippen LogP contribution in [0.15, 0.2) is 83.8 Å². The molecule has 6 nitrogen and oxygen atoms in total. The van der Waals surface area contributed by atoms with Gasteiger partial charge in [-0.15, -0.1) is 0 Å². The van der Waals surface area contributed by atoms with Gasteiger partial charge in [0.2, 0.25) is 10.0 Å². The monoisotopic (exact) mass is 410 g/mol. The second kappa shape index (κ2) is 9.36. The highest BCUT2D eigenvalue weighted by Crippen LogP contribution is 2.18. The average molecular weight is 410 g/mol. The Kier molecular flexibility index (Phi) is 6.64. The summed E-state index contributed by atoms with van der Waals surface area (Å²) in [6.07, 6.45) is 0. The van der Waals surface area contributed by atoms with Gasteiger partial charge in [0.15, 0.2) is 0 Å². The second-order valence-electron chi connectivity index (χ2n) is 6.25. The van der Waals surface area contributed by atoms with E-state index in [-0.39, 0.29) is 17.0 Å². The van der Waals surface area contributed by atoms with Gasteiger partial charge >= 0.3 is 0 Å². The van der Waals surface area contributed by atoms with Crippen molar-refractivity contribution in [3.05, 3.63) is 90.0 Å². The van der Waals surface area contributed by atoms with E-state index in [0.29, 0.717) is 18.0 Å². The standard InChI is InChI=1S/C22H22N2O4S/c1-2-28-20-13-11-19(12-14-20)24-22(25)18-9-6-10-21(15-18)29(26,27)23-16-17-7-4-3-5-8-17/h3-15,23H,2,16H2,1H3,(H,24,25). The molecule has 0 radical (unpaired) electrons. The lowest BCUT2D eigenvalue weighted by Gasteiger charge is -2.10. The number of benzene rings is 3. The molecule has 0 aliphatic carbocycles. The summed E-state index contributed by atoms with van der Waals surface area (Å²) in [4.78, 5) is 12.6. The normalized spacial score (nSPS) is 11.1. The van der Waals surface area contributed by atoms with Crippen molar-refractivity contribution in [2.24, 2.45) is 0 Å². The number of carbonyl (C=O) groups is 1. The lowest BCUT2D eigenvalue weighted by Crippen LogP contribution is -2.23. The molecule has 0 saturated heterocycles. The van der Waals surface area contributed by atoms with Crippen LogP contribution in [0, 0.1) is 0 Å². The molecular weight excluding hydrogens is 388 g/mol. The lowest BCUT2D eigenvalue weighted by atomic mass is 10.2. The summed E-state index contributed by atoms with van der Waals surface area (Å²) in [6, 6.07) is 22.1. The highest BCUT2D eigenvalue weighted by atomic mass is 32.2. The van der Waals surface area contributed by atoms with E-state index in [9.17, 15) is 13.2 Å². The van der Waals surface area contributed by atoms with E-state index in [1.807, 2.05) is 37.3 Å². The summed E-state index contributed by atoms with van der Waals surface area (Å²) < 4.78 is 33.1. The number of carbonyl (C=O) groups excluding carboxylic acids is 1. The smallest absolute Gasteiger partial charge is 0.255 e. The Morgan fingerprint density at radius 2 is 1.66 bits per heavy atom. The quantitative estimate of drug-likeness (QED) is 0.591. The number of hydrogen-bond donors (Lipinski definition) is 2. The molecule has 0 unspecified atom stereocenters. The molecule has 0 spiro atoms. The summed E-state index contributed by atoms with van der Waals surface area (Å²) >= 11 is 0. The maximum atomic E-state index is 12.6. The van der Waals surface area contributed by atoms with E-state index in [1.165, 1.54) is 12.1 Å². The van der Waals surface area contributed by atoms with Gasteiger partial charge < -0.3 is 10.1 Å². The Bertz CT molecular complexity index is 1070. The summed E-state index contributed by atoms with van der Waals surface area (Å²) in [5.41, 5.74) is 1.69. The third-order valence-electron chi connectivity index (χ3n) is 4.14. The van der Waals surface area contributed by atoms with Crippen LogP contribution in [0.2, 0.25) is 0 Å². The van der Waals surface area contributed by atoms with Crippen LogP contribution >= 0.6 is 0 Å². The molecule has 3 rings (SSSR count). The van der Waals surface area contributed by atoms with Crippen molar-refractivity contribution >= 4 is 21.6 Å².